The van der Waals surface area contributed by atoms with Gasteiger partial charge in [-0.3, -0.25) is 0 Å². The summed E-state index contributed by atoms with van der Waals surface area (Å²) < 4.78 is 1.09. The van der Waals surface area contributed by atoms with Gasteiger partial charge in [0.2, 0.25) is 0 Å². The molecule has 0 amide bonds. The van der Waals surface area contributed by atoms with E-state index >= 15 is 0 Å². The van der Waals surface area contributed by atoms with E-state index in [0.29, 0.717) is 0 Å². The highest BCUT2D eigenvalue weighted by molar-refractivity contribution is 14.1. The summed E-state index contributed by atoms with van der Waals surface area (Å²) in [5, 5.41) is 9.65. The summed E-state index contributed by atoms with van der Waals surface area (Å²) in [6.45, 7) is 0. The van der Waals surface area contributed by atoms with Crippen molar-refractivity contribution in [3.8, 4) is 0 Å². The fourth-order valence-corrected chi connectivity index (χ4v) is 1.71. The van der Waals surface area contributed by atoms with E-state index in [1.54, 1.807) is 6.07 Å². The van der Waals surface area contributed by atoms with Crippen molar-refractivity contribution in [2.45, 2.75) is 0 Å². The lowest BCUT2D eigenvalue weighted by atomic mass is 10.2. The molecule has 0 aliphatic rings. The minimum Gasteiger partial charge on any atom is -0.477 e. The van der Waals surface area contributed by atoms with E-state index in [-0.39, 0.29) is 5.69 Å². The lowest BCUT2D eigenvalue weighted by Gasteiger charge is -1.89. The third-order valence-electron chi connectivity index (χ3n) is 1.81. The molecule has 0 radical (unpaired) electrons. The zero-order chi connectivity index (χ0) is 9.42. The van der Waals surface area contributed by atoms with Crippen LogP contribution in [-0.4, -0.2) is 16.1 Å². The van der Waals surface area contributed by atoms with Crippen molar-refractivity contribution in [2.24, 2.45) is 0 Å². The summed E-state index contributed by atoms with van der Waals surface area (Å²) in [5.41, 5.74) is 1.10. The Balaban J connectivity index is 2.68. The molecule has 2 N–H and O–H groups in total. The standard InChI is InChI=1S/C9H6INO2/c10-6-2-1-5-3-8(9(12)13)11-7(5)4-6/h1-4,11H,(H,12,13). The Morgan fingerprint density at radius 1 is 1.38 bits per heavy atom. The molecule has 0 unspecified atom stereocenters. The molecule has 0 fully saturated rings. The molecule has 0 spiro atoms. The third kappa shape index (κ3) is 1.53. The van der Waals surface area contributed by atoms with E-state index in [2.05, 4.69) is 27.6 Å². The largest absolute Gasteiger partial charge is 0.477 e. The van der Waals surface area contributed by atoms with Crippen LogP contribution < -0.4 is 0 Å². The molecule has 1 heterocycles. The fraction of sp³-hybridized carbons (Fsp3) is 0. The van der Waals surface area contributed by atoms with E-state index in [1.165, 1.54) is 0 Å². The maximum absolute atomic E-state index is 10.6. The SMILES string of the molecule is O=C(O)c1cc2ccc(I)cc2[nH]1. The monoisotopic (exact) mass is 287 g/mol. The number of nitrogens with one attached hydrogen (secondary N) is 1. The highest BCUT2D eigenvalue weighted by Crippen LogP contribution is 2.17. The number of fused-ring (bicyclic) bond motifs is 1. The average molecular weight is 287 g/mol. The summed E-state index contributed by atoms with van der Waals surface area (Å²) in [7, 11) is 0. The van der Waals surface area contributed by atoms with Crippen LogP contribution in [0.25, 0.3) is 10.9 Å². The first-order chi connectivity index (χ1) is 6.16. The predicted octanol–water partition coefficient (Wildman–Crippen LogP) is 2.47. The number of carboxylic acids is 1. The van der Waals surface area contributed by atoms with Gasteiger partial charge in [0.25, 0.3) is 0 Å². The number of aromatic amines is 1. The number of hydrogen-bond donors (Lipinski definition) is 2. The Bertz CT molecular complexity index is 475. The molecular weight excluding hydrogens is 281 g/mol. The van der Waals surface area contributed by atoms with Gasteiger partial charge in [-0.2, -0.15) is 0 Å². The Labute approximate surface area is 87.9 Å². The van der Waals surface area contributed by atoms with Crippen molar-refractivity contribution in [1.82, 2.24) is 4.98 Å². The number of rotatable bonds is 1. The van der Waals surface area contributed by atoms with Gasteiger partial charge in [-0.15, -0.1) is 0 Å². The maximum atomic E-state index is 10.6. The average Bonchev–Trinajstić information content (AvgIpc) is 2.46. The van der Waals surface area contributed by atoms with Gasteiger partial charge in [0.1, 0.15) is 5.69 Å². The maximum Gasteiger partial charge on any atom is 0.352 e. The van der Waals surface area contributed by atoms with Crippen LogP contribution in [-0.2, 0) is 0 Å². The molecule has 0 aliphatic heterocycles. The Hall–Kier alpha value is -1.04. The van der Waals surface area contributed by atoms with Crippen molar-refractivity contribution in [1.29, 1.82) is 0 Å². The van der Waals surface area contributed by atoms with Crippen molar-refractivity contribution in [2.75, 3.05) is 0 Å². The van der Waals surface area contributed by atoms with Crippen molar-refractivity contribution >= 4 is 39.5 Å². The zero-order valence-corrected chi connectivity index (χ0v) is 8.70. The summed E-state index contributed by atoms with van der Waals surface area (Å²) in [4.78, 5) is 13.5. The smallest absolute Gasteiger partial charge is 0.352 e. The van der Waals surface area contributed by atoms with Gasteiger partial charge in [-0.1, -0.05) is 6.07 Å². The Kier molecular flexibility index (Phi) is 1.99. The number of aromatic nitrogens is 1. The molecule has 2 rings (SSSR count). The second-order valence-electron chi connectivity index (χ2n) is 2.72. The summed E-state index contributed by atoms with van der Waals surface area (Å²) in [5.74, 6) is -0.925. The number of carbonyl (C=O) groups is 1. The van der Waals surface area contributed by atoms with Crippen LogP contribution in [0.1, 0.15) is 10.5 Å². The molecule has 13 heavy (non-hydrogen) atoms. The van der Waals surface area contributed by atoms with E-state index in [1.807, 2.05) is 18.2 Å². The molecule has 0 saturated heterocycles. The second kappa shape index (κ2) is 3.02. The number of aromatic carboxylic acids is 1. The van der Waals surface area contributed by atoms with E-state index in [4.69, 9.17) is 5.11 Å². The first-order valence-electron chi connectivity index (χ1n) is 3.68. The topological polar surface area (TPSA) is 53.1 Å². The minimum atomic E-state index is -0.925. The van der Waals surface area contributed by atoms with Crippen molar-refractivity contribution in [3.63, 3.8) is 0 Å². The highest BCUT2D eigenvalue weighted by Gasteiger charge is 2.06. The normalized spacial score (nSPS) is 10.5. The number of carboxylic acid groups (broad SMARTS) is 1. The lowest BCUT2D eigenvalue weighted by molar-refractivity contribution is 0.0691. The number of H-pyrrole nitrogens is 1. The van der Waals surface area contributed by atoms with Crippen LogP contribution >= 0.6 is 22.6 Å². The predicted molar refractivity (Wildman–Crippen MR) is 58.0 cm³/mol. The first-order valence-corrected chi connectivity index (χ1v) is 4.76. The molecule has 0 aliphatic carbocycles. The molecular formula is C9H6INO2. The minimum absolute atomic E-state index is 0.233. The molecule has 66 valence electrons. The number of hydrogen-bond acceptors (Lipinski definition) is 1. The van der Waals surface area contributed by atoms with Crippen LogP contribution in [0, 0.1) is 3.57 Å². The van der Waals surface area contributed by atoms with Crippen LogP contribution in [0.3, 0.4) is 0 Å². The fourth-order valence-electron chi connectivity index (χ4n) is 1.21. The van der Waals surface area contributed by atoms with Gasteiger partial charge in [0.15, 0.2) is 0 Å². The number of halogens is 1. The molecule has 1 aromatic heterocycles. The van der Waals surface area contributed by atoms with E-state index in [9.17, 15) is 4.79 Å². The Morgan fingerprint density at radius 2 is 2.15 bits per heavy atom. The van der Waals surface area contributed by atoms with Crippen LogP contribution in [0.4, 0.5) is 0 Å². The summed E-state index contributed by atoms with van der Waals surface area (Å²) in [6.07, 6.45) is 0. The molecule has 0 saturated carbocycles. The number of benzene rings is 1. The van der Waals surface area contributed by atoms with Gasteiger partial charge in [0.05, 0.1) is 0 Å². The van der Waals surface area contributed by atoms with Crippen molar-refractivity contribution < 1.29 is 9.90 Å². The van der Waals surface area contributed by atoms with Gasteiger partial charge in [0, 0.05) is 14.5 Å². The second-order valence-corrected chi connectivity index (χ2v) is 3.97. The van der Waals surface area contributed by atoms with E-state index in [0.717, 1.165) is 14.5 Å². The first kappa shape index (κ1) is 8.55. The quantitative estimate of drug-likeness (QED) is 0.792. The zero-order valence-electron chi connectivity index (χ0n) is 6.54. The molecule has 2 aromatic rings. The molecule has 1 aromatic carbocycles. The molecule has 3 nitrogen and oxygen atoms in total. The molecule has 0 bridgehead atoms. The van der Waals surface area contributed by atoms with Crippen LogP contribution in [0.15, 0.2) is 24.3 Å². The third-order valence-corrected chi connectivity index (χ3v) is 2.49. The summed E-state index contributed by atoms with van der Waals surface area (Å²) >= 11 is 2.19. The van der Waals surface area contributed by atoms with Gasteiger partial charge < -0.3 is 10.1 Å². The van der Waals surface area contributed by atoms with E-state index < -0.39 is 5.97 Å². The summed E-state index contributed by atoms with van der Waals surface area (Å²) in [6, 6.07) is 7.40. The van der Waals surface area contributed by atoms with Crippen molar-refractivity contribution in [3.05, 3.63) is 33.5 Å². The van der Waals surface area contributed by atoms with Crippen LogP contribution in [0.5, 0.6) is 0 Å². The van der Waals surface area contributed by atoms with Gasteiger partial charge in [-0.05, 0) is 40.8 Å². The highest BCUT2D eigenvalue weighted by atomic mass is 127. The van der Waals surface area contributed by atoms with Gasteiger partial charge in [-0.25, -0.2) is 4.79 Å². The Morgan fingerprint density at radius 3 is 2.85 bits per heavy atom. The molecule has 0 atom stereocenters. The van der Waals surface area contributed by atoms with Crippen LogP contribution in [0.2, 0.25) is 0 Å². The lowest BCUT2D eigenvalue weighted by Crippen LogP contribution is -1.94. The van der Waals surface area contributed by atoms with Gasteiger partial charge >= 0.3 is 5.97 Å². The molecule has 4 heteroatoms.